The minimum atomic E-state index is -0.279. The van der Waals surface area contributed by atoms with E-state index in [4.69, 9.17) is 11.6 Å². The molecule has 0 N–H and O–H groups in total. The Hall–Kier alpha value is -2.46. The molecule has 20 heavy (non-hydrogen) atoms. The van der Waals surface area contributed by atoms with Crippen LogP contribution < -0.4 is 5.56 Å². The molecule has 0 spiro atoms. The number of nitrogens with zero attached hydrogens (tertiary/aromatic N) is 3. The van der Waals surface area contributed by atoms with Gasteiger partial charge in [0, 0.05) is 10.4 Å². The van der Waals surface area contributed by atoms with Crippen LogP contribution in [0.4, 0.5) is 0 Å². The van der Waals surface area contributed by atoms with E-state index in [-0.39, 0.29) is 5.56 Å². The van der Waals surface area contributed by atoms with Crippen LogP contribution in [0.3, 0.4) is 0 Å². The zero-order valence-electron chi connectivity index (χ0n) is 10.2. The number of hydrogen-bond donors (Lipinski definition) is 0. The smallest absolute Gasteiger partial charge is 0.281 e. The monoisotopic (exact) mass is 281 g/mol. The molecule has 4 nitrogen and oxygen atoms in total. The molecule has 4 rings (SSSR count). The molecule has 0 aliphatic heterocycles. The number of benzene rings is 2. The van der Waals surface area contributed by atoms with Crippen molar-refractivity contribution in [3.8, 4) is 0 Å². The van der Waals surface area contributed by atoms with E-state index >= 15 is 0 Å². The van der Waals surface area contributed by atoms with Gasteiger partial charge < -0.3 is 0 Å². The number of fused-ring (bicyclic) bond motifs is 5. The molecule has 0 atom stereocenters. The molecule has 5 heteroatoms. The fraction of sp³-hybridized carbons (Fsp3) is 0. The Morgan fingerprint density at radius 2 is 1.90 bits per heavy atom. The fourth-order valence-corrected chi connectivity index (χ4v) is 2.59. The van der Waals surface area contributed by atoms with Crippen molar-refractivity contribution >= 4 is 39.1 Å². The minimum absolute atomic E-state index is 0.279. The van der Waals surface area contributed by atoms with Crippen molar-refractivity contribution in [2.75, 3.05) is 0 Å². The number of para-hydroxylation sites is 1. The lowest BCUT2D eigenvalue weighted by Gasteiger charge is -2.07. The predicted octanol–water partition coefficient (Wildman–Crippen LogP) is 3.05. The second-order valence-electron chi connectivity index (χ2n) is 4.53. The molecule has 4 aromatic rings. The van der Waals surface area contributed by atoms with E-state index in [9.17, 15) is 4.79 Å². The van der Waals surface area contributed by atoms with Gasteiger partial charge in [-0.25, -0.2) is 4.98 Å². The minimum Gasteiger partial charge on any atom is -0.284 e. The molecule has 0 fully saturated rings. The summed E-state index contributed by atoms with van der Waals surface area (Å²) in [7, 11) is 0. The van der Waals surface area contributed by atoms with E-state index < -0.39 is 0 Å². The van der Waals surface area contributed by atoms with Gasteiger partial charge in [-0.2, -0.15) is 4.98 Å². The lowest BCUT2D eigenvalue weighted by molar-refractivity contribution is 1.09. The van der Waals surface area contributed by atoms with E-state index in [2.05, 4.69) is 9.97 Å². The Kier molecular flexibility index (Phi) is 2.28. The van der Waals surface area contributed by atoms with Crippen LogP contribution >= 0.6 is 11.6 Å². The number of rotatable bonds is 0. The normalized spacial score (nSPS) is 11.4. The van der Waals surface area contributed by atoms with Crippen LogP contribution in [-0.4, -0.2) is 14.4 Å². The molecular weight excluding hydrogens is 274 g/mol. The third-order valence-corrected chi connectivity index (χ3v) is 3.58. The van der Waals surface area contributed by atoms with E-state index in [1.165, 1.54) is 0 Å². The first-order valence-electron chi connectivity index (χ1n) is 6.09. The lowest BCUT2D eigenvalue weighted by Crippen LogP contribution is -2.11. The maximum atomic E-state index is 12.2. The van der Waals surface area contributed by atoms with Crippen molar-refractivity contribution in [2.24, 2.45) is 0 Å². The van der Waals surface area contributed by atoms with Crippen molar-refractivity contribution in [3.05, 3.63) is 64.2 Å². The maximum absolute atomic E-state index is 12.2. The van der Waals surface area contributed by atoms with Gasteiger partial charge in [-0.1, -0.05) is 23.7 Å². The first-order chi connectivity index (χ1) is 9.74. The number of hydrogen-bond acceptors (Lipinski definition) is 3. The van der Waals surface area contributed by atoms with Gasteiger partial charge in [0.25, 0.3) is 5.56 Å². The average molecular weight is 282 g/mol. The van der Waals surface area contributed by atoms with Gasteiger partial charge >= 0.3 is 0 Å². The maximum Gasteiger partial charge on any atom is 0.281 e. The standard InChI is InChI=1S/C15H8ClN3O/c16-9-5-6-13-11(7-9)15(20)18-14-10-3-1-2-4-12(10)17-8-19(13)14/h1-8H. The van der Waals surface area contributed by atoms with Gasteiger partial charge in [0.2, 0.25) is 0 Å². The SMILES string of the molecule is O=c1nc2c3ccccc3ncn2c2ccc(Cl)cc12. The zero-order chi connectivity index (χ0) is 13.7. The highest BCUT2D eigenvalue weighted by Gasteiger charge is 2.09. The highest BCUT2D eigenvalue weighted by molar-refractivity contribution is 6.31. The van der Waals surface area contributed by atoms with Crippen molar-refractivity contribution in [1.82, 2.24) is 14.4 Å². The molecule has 2 heterocycles. The van der Waals surface area contributed by atoms with Gasteiger partial charge in [-0.15, -0.1) is 0 Å². The van der Waals surface area contributed by atoms with Gasteiger partial charge in [0.1, 0.15) is 6.33 Å². The van der Waals surface area contributed by atoms with Gasteiger partial charge in [-0.05, 0) is 30.3 Å². The molecule has 2 aromatic carbocycles. The van der Waals surface area contributed by atoms with E-state index in [1.54, 1.807) is 18.5 Å². The Balaban J connectivity index is 2.33. The molecule has 0 bridgehead atoms. The Morgan fingerprint density at radius 3 is 2.80 bits per heavy atom. The van der Waals surface area contributed by atoms with Gasteiger partial charge in [-0.3, -0.25) is 9.20 Å². The summed E-state index contributed by atoms with van der Waals surface area (Å²) in [5, 5.41) is 1.86. The van der Waals surface area contributed by atoms with Gasteiger partial charge in [0.15, 0.2) is 5.65 Å². The van der Waals surface area contributed by atoms with Crippen LogP contribution in [0.15, 0.2) is 53.6 Å². The summed E-state index contributed by atoms with van der Waals surface area (Å²) >= 11 is 5.95. The lowest BCUT2D eigenvalue weighted by atomic mass is 10.2. The average Bonchev–Trinajstić information content (AvgIpc) is 2.47. The van der Waals surface area contributed by atoms with Crippen molar-refractivity contribution < 1.29 is 0 Å². The van der Waals surface area contributed by atoms with Crippen molar-refractivity contribution in [3.63, 3.8) is 0 Å². The summed E-state index contributed by atoms with van der Waals surface area (Å²) in [5.41, 5.74) is 1.89. The molecule has 0 aliphatic rings. The first kappa shape index (κ1) is 11.4. The third kappa shape index (κ3) is 1.52. The van der Waals surface area contributed by atoms with Crippen LogP contribution in [0.2, 0.25) is 5.02 Å². The van der Waals surface area contributed by atoms with E-state index in [0.29, 0.717) is 16.1 Å². The van der Waals surface area contributed by atoms with Crippen LogP contribution in [0.1, 0.15) is 0 Å². The fourth-order valence-electron chi connectivity index (χ4n) is 2.42. The number of halogens is 1. The highest BCUT2D eigenvalue weighted by atomic mass is 35.5. The second-order valence-corrected chi connectivity index (χ2v) is 4.97. The van der Waals surface area contributed by atoms with Crippen LogP contribution in [0, 0.1) is 0 Å². The first-order valence-corrected chi connectivity index (χ1v) is 6.47. The quantitative estimate of drug-likeness (QED) is 0.465. The molecule has 0 amide bonds. The summed E-state index contributed by atoms with van der Waals surface area (Å²) in [5.74, 6) is 0. The molecule has 0 aliphatic carbocycles. The zero-order valence-corrected chi connectivity index (χ0v) is 11.0. The van der Waals surface area contributed by atoms with Crippen molar-refractivity contribution in [2.45, 2.75) is 0 Å². The van der Waals surface area contributed by atoms with Crippen molar-refractivity contribution in [1.29, 1.82) is 0 Å². The predicted molar refractivity (Wildman–Crippen MR) is 79.3 cm³/mol. The molecule has 0 unspecified atom stereocenters. The number of aromatic nitrogens is 3. The topological polar surface area (TPSA) is 47.3 Å². The van der Waals surface area contributed by atoms with E-state index in [0.717, 1.165) is 16.4 Å². The molecule has 0 radical (unpaired) electrons. The summed E-state index contributed by atoms with van der Waals surface area (Å²) in [6.45, 7) is 0. The van der Waals surface area contributed by atoms with Crippen LogP contribution in [0.25, 0.3) is 27.5 Å². The Labute approximate surface area is 118 Å². The van der Waals surface area contributed by atoms with Crippen LogP contribution in [0.5, 0.6) is 0 Å². The molecule has 96 valence electrons. The highest BCUT2D eigenvalue weighted by Crippen LogP contribution is 2.20. The Bertz CT molecular complexity index is 1040. The summed E-state index contributed by atoms with van der Waals surface area (Å²) in [4.78, 5) is 20.8. The summed E-state index contributed by atoms with van der Waals surface area (Å²) in [6.07, 6.45) is 1.68. The third-order valence-electron chi connectivity index (χ3n) is 3.34. The molecule has 2 aromatic heterocycles. The summed E-state index contributed by atoms with van der Waals surface area (Å²) in [6, 6.07) is 12.8. The van der Waals surface area contributed by atoms with E-state index in [1.807, 2.05) is 34.7 Å². The molecular formula is C15H8ClN3O. The molecule has 0 saturated carbocycles. The van der Waals surface area contributed by atoms with Crippen LogP contribution in [-0.2, 0) is 0 Å². The largest absolute Gasteiger partial charge is 0.284 e. The summed E-state index contributed by atoms with van der Waals surface area (Å²) < 4.78 is 1.81. The van der Waals surface area contributed by atoms with Gasteiger partial charge in [0.05, 0.1) is 16.4 Å². The Morgan fingerprint density at radius 1 is 1.05 bits per heavy atom. The molecule has 0 saturated heterocycles. The second kappa shape index (κ2) is 4.02.